The smallest absolute Gasteiger partial charge is 0.106 e. The van der Waals surface area contributed by atoms with Crippen LogP contribution in [0.2, 0.25) is 0 Å². The summed E-state index contributed by atoms with van der Waals surface area (Å²) >= 11 is 7.27. The van der Waals surface area contributed by atoms with Crippen molar-refractivity contribution in [2.75, 3.05) is 0 Å². The van der Waals surface area contributed by atoms with Gasteiger partial charge >= 0.3 is 0 Å². The van der Waals surface area contributed by atoms with Crippen molar-refractivity contribution in [2.45, 2.75) is 70.1 Å². The molecule has 138 valence electrons. The molecule has 2 aromatic rings. The van der Waals surface area contributed by atoms with E-state index in [1.807, 2.05) is 0 Å². The molecule has 2 saturated carbocycles. The minimum Gasteiger partial charge on any atom is -0.256 e. The molecule has 2 aromatic heterocycles. The van der Waals surface area contributed by atoms with Crippen LogP contribution in [0.3, 0.4) is 0 Å². The van der Waals surface area contributed by atoms with Crippen molar-refractivity contribution in [3.63, 3.8) is 0 Å². The van der Waals surface area contributed by atoms with Crippen LogP contribution in [0.5, 0.6) is 0 Å². The van der Waals surface area contributed by atoms with Crippen LogP contribution in [0.4, 0.5) is 0 Å². The second kappa shape index (κ2) is 7.35. The normalized spacial score (nSPS) is 23.3. The van der Waals surface area contributed by atoms with E-state index in [0.717, 1.165) is 10.5 Å². The van der Waals surface area contributed by atoms with E-state index < -0.39 is 0 Å². The molecule has 0 amide bonds. The first kappa shape index (κ1) is 18.6. The molecule has 0 N–H and O–H groups in total. The molecule has 0 bridgehead atoms. The molecule has 2 nitrogen and oxygen atoms in total. The highest BCUT2D eigenvalue weighted by Gasteiger charge is 2.40. The van der Waals surface area contributed by atoms with Crippen LogP contribution >= 0.6 is 31.9 Å². The molecular formula is C22H26Br2N2. The quantitative estimate of drug-likeness (QED) is 0.408. The van der Waals surface area contributed by atoms with Crippen molar-refractivity contribution >= 4 is 31.9 Å². The summed E-state index contributed by atoms with van der Waals surface area (Å²) in [5, 5.41) is 0. The number of halogens is 2. The van der Waals surface area contributed by atoms with E-state index in [4.69, 9.17) is 4.98 Å². The topological polar surface area (TPSA) is 25.8 Å². The molecule has 2 fully saturated rings. The Morgan fingerprint density at radius 3 is 2.50 bits per heavy atom. The van der Waals surface area contributed by atoms with Crippen LogP contribution in [-0.4, -0.2) is 9.97 Å². The third-order valence-corrected chi connectivity index (χ3v) is 6.88. The summed E-state index contributed by atoms with van der Waals surface area (Å²) in [6.07, 6.45) is 5.11. The van der Waals surface area contributed by atoms with Crippen LogP contribution in [0, 0.1) is 5.92 Å². The minimum absolute atomic E-state index is 0.468. The summed E-state index contributed by atoms with van der Waals surface area (Å²) < 4.78 is 2.16. The molecular weight excluding hydrogens is 452 g/mol. The van der Waals surface area contributed by atoms with Crippen molar-refractivity contribution in [1.29, 1.82) is 0 Å². The van der Waals surface area contributed by atoms with Crippen LogP contribution in [-0.2, 0) is 0 Å². The van der Waals surface area contributed by atoms with E-state index in [1.54, 1.807) is 0 Å². The Kier molecular flexibility index (Phi) is 5.26. The fourth-order valence-electron chi connectivity index (χ4n) is 3.93. The number of hydrogen-bond acceptors (Lipinski definition) is 2. The molecule has 3 unspecified atom stereocenters. The van der Waals surface area contributed by atoms with Crippen LogP contribution in [0.1, 0.15) is 92.8 Å². The predicted octanol–water partition coefficient (Wildman–Crippen LogP) is 7.30. The van der Waals surface area contributed by atoms with Gasteiger partial charge in [-0.15, -0.1) is 0 Å². The highest BCUT2D eigenvalue weighted by Crippen LogP contribution is 2.52. The number of hydrogen-bond donors (Lipinski definition) is 0. The molecule has 0 spiro atoms. The molecule has 0 aromatic carbocycles. The SMILES string of the molecule is CC(C)c1cc(C2CC2CC(C)c2ccc(Br)c(C3CC3)n2)cc(Br)n1. The van der Waals surface area contributed by atoms with Crippen molar-refractivity contribution in [1.82, 2.24) is 9.97 Å². The molecule has 0 radical (unpaired) electrons. The van der Waals surface area contributed by atoms with Crippen molar-refractivity contribution in [2.24, 2.45) is 5.92 Å². The van der Waals surface area contributed by atoms with Gasteiger partial charge in [0, 0.05) is 21.8 Å². The van der Waals surface area contributed by atoms with E-state index in [0.29, 0.717) is 23.7 Å². The lowest BCUT2D eigenvalue weighted by atomic mass is 9.97. The van der Waals surface area contributed by atoms with Gasteiger partial charge < -0.3 is 0 Å². The first-order valence-corrected chi connectivity index (χ1v) is 11.3. The first-order chi connectivity index (χ1) is 12.4. The Balaban J connectivity index is 1.44. The van der Waals surface area contributed by atoms with Gasteiger partial charge in [-0.3, -0.25) is 4.98 Å². The Hall–Kier alpha value is -0.740. The Morgan fingerprint density at radius 2 is 1.81 bits per heavy atom. The van der Waals surface area contributed by atoms with Gasteiger partial charge in [-0.05, 0) is 111 Å². The van der Waals surface area contributed by atoms with Crippen LogP contribution < -0.4 is 0 Å². The van der Waals surface area contributed by atoms with Gasteiger partial charge in [-0.2, -0.15) is 0 Å². The number of pyridine rings is 2. The maximum atomic E-state index is 5.00. The molecule has 4 heteroatoms. The summed E-state index contributed by atoms with van der Waals surface area (Å²) in [7, 11) is 0. The molecule has 2 aliphatic carbocycles. The molecule has 0 aliphatic heterocycles. The van der Waals surface area contributed by atoms with Crippen molar-refractivity contribution in [3.05, 3.63) is 56.0 Å². The molecule has 2 heterocycles. The molecule has 26 heavy (non-hydrogen) atoms. The predicted molar refractivity (Wildman–Crippen MR) is 114 cm³/mol. The third-order valence-electron chi connectivity index (χ3n) is 5.80. The zero-order valence-corrected chi connectivity index (χ0v) is 18.8. The number of aromatic nitrogens is 2. The molecule has 0 saturated heterocycles. The first-order valence-electron chi connectivity index (χ1n) is 9.76. The molecule has 2 aliphatic rings. The third kappa shape index (κ3) is 4.06. The van der Waals surface area contributed by atoms with Gasteiger partial charge in [0.05, 0.1) is 5.69 Å². The lowest BCUT2D eigenvalue weighted by Gasteiger charge is -2.14. The van der Waals surface area contributed by atoms with Crippen molar-refractivity contribution < 1.29 is 0 Å². The van der Waals surface area contributed by atoms with E-state index in [-0.39, 0.29) is 0 Å². The van der Waals surface area contributed by atoms with E-state index in [1.165, 1.54) is 52.8 Å². The average Bonchev–Trinajstić information content (AvgIpc) is 3.49. The van der Waals surface area contributed by atoms with E-state index >= 15 is 0 Å². The monoisotopic (exact) mass is 476 g/mol. The second-order valence-electron chi connectivity index (χ2n) is 8.42. The maximum absolute atomic E-state index is 5.00. The Morgan fingerprint density at radius 1 is 1.04 bits per heavy atom. The zero-order valence-electron chi connectivity index (χ0n) is 15.7. The maximum Gasteiger partial charge on any atom is 0.106 e. The van der Waals surface area contributed by atoms with Crippen molar-refractivity contribution in [3.8, 4) is 0 Å². The van der Waals surface area contributed by atoms with Crippen LogP contribution in [0.25, 0.3) is 0 Å². The van der Waals surface area contributed by atoms with Gasteiger partial charge in [0.25, 0.3) is 0 Å². The summed E-state index contributed by atoms with van der Waals surface area (Å²) in [6.45, 7) is 6.76. The largest absolute Gasteiger partial charge is 0.256 e. The summed E-state index contributed by atoms with van der Waals surface area (Å²) in [5.41, 5.74) is 5.19. The molecule has 4 rings (SSSR count). The van der Waals surface area contributed by atoms with Gasteiger partial charge in [0.1, 0.15) is 4.60 Å². The summed E-state index contributed by atoms with van der Waals surface area (Å²) in [6, 6.07) is 8.93. The van der Waals surface area contributed by atoms with Gasteiger partial charge in [0.15, 0.2) is 0 Å². The lowest BCUT2D eigenvalue weighted by molar-refractivity contribution is 0.591. The standard InChI is InChI=1S/C22H26Br2N2/c1-12(2)20-10-16(11-21(24)25-20)17-9-15(17)8-13(3)19-7-6-18(23)22(26-19)14-4-5-14/h6-7,10-15,17H,4-5,8-9H2,1-3H3. The second-order valence-corrected chi connectivity index (χ2v) is 10.1. The fourth-order valence-corrected chi connectivity index (χ4v) is 4.94. The number of rotatable bonds is 6. The highest BCUT2D eigenvalue weighted by molar-refractivity contribution is 9.10. The van der Waals surface area contributed by atoms with Gasteiger partial charge in [-0.1, -0.05) is 20.8 Å². The zero-order chi connectivity index (χ0) is 18.4. The summed E-state index contributed by atoms with van der Waals surface area (Å²) in [4.78, 5) is 9.62. The van der Waals surface area contributed by atoms with Gasteiger partial charge in [-0.25, -0.2) is 4.98 Å². The molecule has 3 atom stereocenters. The van der Waals surface area contributed by atoms with Gasteiger partial charge in [0.2, 0.25) is 0 Å². The number of nitrogens with zero attached hydrogens (tertiary/aromatic N) is 2. The fraction of sp³-hybridized carbons (Fsp3) is 0.545. The Bertz CT molecular complexity index is 814. The average molecular weight is 478 g/mol. The summed E-state index contributed by atoms with van der Waals surface area (Å²) in [5.74, 6) is 3.14. The van der Waals surface area contributed by atoms with E-state index in [2.05, 4.69) is 81.9 Å². The minimum atomic E-state index is 0.468. The highest BCUT2D eigenvalue weighted by atomic mass is 79.9. The Labute approximate surface area is 173 Å². The van der Waals surface area contributed by atoms with E-state index in [9.17, 15) is 0 Å². The van der Waals surface area contributed by atoms with Crippen LogP contribution in [0.15, 0.2) is 33.3 Å². The lowest BCUT2D eigenvalue weighted by Crippen LogP contribution is -2.02.